The van der Waals surface area contributed by atoms with Crippen LogP contribution in [0.15, 0.2) is 24.5 Å². The average molecular weight is 316 g/mol. The summed E-state index contributed by atoms with van der Waals surface area (Å²) < 4.78 is 0. The van der Waals surface area contributed by atoms with Crippen LogP contribution >= 0.6 is 11.3 Å². The van der Waals surface area contributed by atoms with E-state index in [2.05, 4.69) is 21.8 Å². The number of hydrogen-bond acceptors (Lipinski definition) is 5. The molecule has 0 radical (unpaired) electrons. The maximum atomic E-state index is 12.7. The largest absolute Gasteiger partial charge is 0.335 e. The molecule has 0 saturated carbocycles. The summed E-state index contributed by atoms with van der Waals surface area (Å²) in [5.41, 5.74) is 1.78. The van der Waals surface area contributed by atoms with Gasteiger partial charge in [0, 0.05) is 44.1 Å². The Balaban J connectivity index is 1.78. The number of amides is 1. The van der Waals surface area contributed by atoms with Crippen molar-refractivity contribution in [3.63, 3.8) is 0 Å². The summed E-state index contributed by atoms with van der Waals surface area (Å²) in [5.74, 6) is 0.112. The first kappa shape index (κ1) is 15.1. The van der Waals surface area contributed by atoms with Gasteiger partial charge >= 0.3 is 0 Å². The maximum Gasteiger partial charge on any atom is 0.265 e. The van der Waals surface area contributed by atoms with Gasteiger partial charge in [-0.3, -0.25) is 9.78 Å². The van der Waals surface area contributed by atoms with Crippen molar-refractivity contribution in [3.05, 3.63) is 35.1 Å². The van der Waals surface area contributed by atoms with Crippen molar-refractivity contribution in [2.24, 2.45) is 0 Å². The third kappa shape index (κ3) is 3.03. The fourth-order valence-corrected chi connectivity index (χ4v) is 3.64. The minimum atomic E-state index is 0.112. The summed E-state index contributed by atoms with van der Waals surface area (Å²) in [6, 6.07) is 3.86. The SMILES string of the molecule is CCN1CCN(C(=O)c2sc(-c3cccnc3)nc2C)CC1. The van der Waals surface area contributed by atoms with Crippen LogP contribution in [0.1, 0.15) is 22.3 Å². The number of rotatable bonds is 3. The number of pyridine rings is 1. The van der Waals surface area contributed by atoms with Crippen molar-refractivity contribution < 1.29 is 4.79 Å². The second kappa shape index (κ2) is 6.54. The summed E-state index contributed by atoms with van der Waals surface area (Å²) in [6.07, 6.45) is 3.52. The molecule has 1 aliphatic rings. The van der Waals surface area contributed by atoms with Crippen LogP contribution in [0.4, 0.5) is 0 Å². The first-order valence-corrected chi connectivity index (χ1v) is 8.40. The highest BCUT2D eigenvalue weighted by atomic mass is 32.1. The summed E-state index contributed by atoms with van der Waals surface area (Å²) in [6.45, 7) is 8.62. The Labute approximate surface area is 134 Å². The highest BCUT2D eigenvalue weighted by Crippen LogP contribution is 2.28. The number of aromatic nitrogens is 2. The van der Waals surface area contributed by atoms with Gasteiger partial charge in [-0.15, -0.1) is 11.3 Å². The van der Waals surface area contributed by atoms with Crippen LogP contribution < -0.4 is 0 Å². The molecule has 0 spiro atoms. The van der Waals surface area contributed by atoms with E-state index in [1.165, 1.54) is 11.3 Å². The van der Waals surface area contributed by atoms with Crippen LogP contribution in [0.2, 0.25) is 0 Å². The molecule has 1 aliphatic heterocycles. The predicted octanol–water partition coefficient (Wildman–Crippen LogP) is 2.29. The second-order valence-corrected chi connectivity index (χ2v) is 6.40. The van der Waals surface area contributed by atoms with Gasteiger partial charge in [0.25, 0.3) is 5.91 Å². The Bertz CT molecular complexity index is 647. The second-order valence-electron chi connectivity index (χ2n) is 5.40. The zero-order valence-corrected chi connectivity index (χ0v) is 13.8. The van der Waals surface area contributed by atoms with Gasteiger partial charge in [-0.1, -0.05) is 6.92 Å². The molecular weight excluding hydrogens is 296 g/mol. The third-order valence-corrected chi connectivity index (χ3v) is 5.20. The van der Waals surface area contributed by atoms with Crippen molar-refractivity contribution >= 4 is 17.2 Å². The lowest BCUT2D eigenvalue weighted by Gasteiger charge is -2.33. The Kier molecular flexibility index (Phi) is 4.49. The Hall–Kier alpha value is -1.79. The molecule has 1 fully saturated rings. The molecule has 0 aliphatic carbocycles. The molecule has 22 heavy (non-hydrogen) atoms. The first-order chi connectivity index (χ1) is 10.7. The van der Waals surface area contributed by atoms with E-state index < -0.39 is 0 Å². The zero-order valence-electron chi connectivity index (χ0n) is 13.0. The van der Waals surface area contributed by atoms with Crippen molar-refractivity contribution in [3.8, 4) is 10.6 Å². The lowest BCUT2D eigenvalue weighted by molar-refractivity contribution is 0.0647. The van der Waals surface area contributed by atoms with Crippen molar-refractivity contribution in [2.45, 2.75) is 13.8 Å². The summed E-state index contributed by atoms with van der Waals surface area (Å²) >= 11 is 1.46. The topological polar surface area (TPSA) is 49.3 Å². The highest BCUT2D eigenvalue weighted by molar-refractivity contribution is 7.17. The molecule has 2 aromatic rings. The van der Waals surface area contributed by atoms with Crippen LogP contribution in [-0.4, -0.2) is 58.4 Å². The first-order valence-electron chi connectivity index (χ1n) is 7.58. The summed E-state index contributed by atoms with van der Waals surface area (Å²) in [7, 11) is 0. The molecule has 0 atom stereocenters. The molecule has 5 nitrogen and oxygen atoms in total. The van der Waals surface area contributed by atoms with E-state index in [4.69, 9.17) is 0 Å². The number of nitrogens with zero attached hydrogens (tertiary/aromatic N) is 4. The number of carbonyl (C=O) groups is 1. The molecule has 2 aromatic heterocycles. The van der Waals surface area contributed by atoms with Crippen molar-refractivity contribution in [1.29, 1.82) is 0 Å². The van der Waals surface area contributed by atoms with Crippen molar-refractivity contribution in [2.75, 3.05) is 32.7 Å². The Morgan fingerprint density at radius 3 is 2.73 bits per heavy atom. The minimum Gasteiger partial charge on any atom is -0.335 e. The van der Waals surface area contributed by atoms with Gasteiger partial charge in [-0.05, 0) is 25.6 Å². The molecular formula is C16H20N4OS. The molecule has 116 valence electrons. The fourth-order valence-electron chi connectivity index (χ4n) is 2.62. The Morgan fingerprint density at radius 2 is 2.09 bits per heavy atom. The van der Waals surface area contributed by atoms with Crippen LogP contribution in [-0.2, 0) is 0 Å². The molecule has 3 rings (SSSR count). The fraction of sp³-hybridized carbons (Fsp3) is 0.438. The van der Waals surface area contributed by atoms with Gasteiger partial charge in [0.05, 0.1) is 5.69 Å². The predicted molar refractivity (Wildman–Crippen MR) is 88.1 cm³/mol. The van der Waals surface area contributed by atoms with Crippen LogP contribution in [0.5, 0.6) is 0 Å². The van der Waals surface area contributed by atoms with Gasteiger partial charge in [0.2, 0.25) is 0 Å². The minimum absolute atomic E-state index is 0.112. The van der Waals surface area contributed by atoms with E-state index in [0.29, 0.717) is 0 Å². The van der Waals surface area contributed by atoms with Gasteiger partial charge in [0.15, 0.2) is 0 Å². The molecule has 0 aromatic carbocycles. The number of hydrogen-bond donors (Lipinski definition) is 0. The smallest absolute Gasteiger partial charge is 0.265 e. The van der Waals surface area contributed by atoms with E-state index in [1.54, 1.807) is 12.4 Å². The van der Waals surface area contributed by atoms with Crippen molar-refractivity contribution in [1.82, 2.24) is 19.8 Å². The molecule has 0 N–H and O–H groups in total. The number of thiazole rings is 1. The lowest BCUT2D eigenvalue weighted by atomic mass is 10.2. The summed E-state index contributed by atoms with van der Waals surface area (Å²) in [4.78, 5) is 26.5. The molecule has 0 bridgehead atoms. The average Bonchev–Trinajstić information content (AvgIpc) is 2.97. The quantitative estimate of drug-likeness (QED) is 0.872. The Morgan fingerprint density at radius 1 is 1.32 bits per heavy atom. The number of likely N-dealkylation sites (N-methyl/N-ethyl adjacent to an activating group) is 1. The van der Waals surface area contributed by atoms with E-state index in [1.807, 2.05) is 24.0 Å². The maximum absolute atomic E-state index is 12.7. The van der Waals surface area contributed by atoms with E-state index in [9.17, 15) is 4.79 Å². The number of piperazine rings is 1. The molecule has 1 saturated heterocycles. The summed E-state index contributed by atoms with van der Waals surface area (Å²) in [5, 5.41) is 0.862. The van der Waals surface area contributed by atoms with Crippen LogP contribution in [0.25, 0.3) is 10.6 Å². The van der Waals surface area contributed by atoms with Gasteiger partial charge < -0.3 is 9.80 Å². The molecule has 3 heterocycles. The van der Waals surface area contributed by atoms with Crippen LogP contribution in [0, 0.1) is 6.92 Å². The van der Waals surface area contributed by atoms with Crippen LogP contribution in [0.3, 0.4) is 0 Å². The van der Waals surface area contributed by atoms with Gasteiger partial charge in [0.1, 0.15) is 9.88 Å². The zero-order chi connectivity index (χ0) is 15.5. The number of carbonyl (C=O) groups excluding carboxylic acids is 1. The molecule has 1 amide bonds. The number of aryl methyl sites for hydroxylation is 1. The molecule has 6 heteroatoms. The monoisotopic (exact) mass is 316 g/mol. The lowest BCUT2D eigenvalue weighted by Crippen LogP contribution is -2.48. The standard InChI is InChI=1S/C16H20N4OS/c1-3-19-7-9-20(10-8-19)16(21)14-12(2)18-15(22-14)13-5-4-6-17-11-13/h4-6,11H,3,7-10H2,1-2H3. The van der Waals surface area contributed by atoms with E-state index in [0.717, 1.165) is 53.9 Å². The van der Waals surface area contributed by atoms with Gasteiger partial charge in [-0.25, -0.2) is 4.98 Å². The van der Waals surface area contributed by atoms with E-state index >= 15 is 0 Å². The molecule has 0 unspecified atom stereocenters. The van der Waals surface area contributed by atoms with Gasteiger partial charge in [-0.2, -0.15) is 0 Å². The third-order valence-electron chi connectivity index (χ3n) is 4.01. The normalized spacial score (nSPS) is 16.0. The van der Waals surface area contributed by atoms with E-state index in [-0.39, 0.29) is 5.91 Å². The highest BCUT2D eigenvalue weighted by Gasteiger charge is 2.25.